The molecule has 1 aliphatic carbocycles. The summed E-state index contributed by atoms with van der Waals surface area (Å²) in [6.07, 6.45) is 2.14. The van der Waals surface area contributed by atoms with Crippen molar-refractivity contribution in [2.24, 2.45) is 18.9 Å². The standard InChI is InChI=1S/C33H34NO/c1-19(2)33(20(3)4)26-11-9-8-10-25(26)30-27(33)15-14-24-23-13-12-22(6)29(31(23)35-32(24)30)28-18-21(5)16-17-34(28)7/h8-20H,1-7H3/q+1. The average Bonchev–Trinajstić information content (AvgIpc) is 3.34. The lowest BCUT2D eigenvalue weighted by molar-refractivity contribution is -0.660. The molecule has 0 saturated heterocycles. The number of rotatable bonds is 3. The van der Waals surface area contributed by atoms with Crippen LogP contribution in [0.1, 0.15) is 49.9 Å². The molecule has 1 aliphatic rings. The molecule has 2 nitrogen and oxygen atoms in total. The van der Waals surface area contributed by atoms with Crippen molar-refractivity contribution >= 4 is 21.9 Å². The van der Waals surface area contributed by atoms with Crippen molar-refractivity contribution in [1.82, 2.24) is 0 Å². The molecule has 0 aliphatic heterocycles. The van der Waals surface area contributed by atoms with E-state index in [2.05, 4.69) is 120 Å². The second-order valence-corrected chi connectivity index (χ2v) is 11.0. The lowest BCUT2D eigenvalue weighted by Gasteiger charge is -2.40. The number of hydrogen-bond donors (Lipinski definition) is 0. The molecule has 6 rings (SSSR count). The molecule has 0 N–H and O–H groups in total. The van der Waals surface area contributed by atoms with Crippen molar-refractivity contribution in [2.45, 2.75) is 47.0 Å². The molecule has 2 heteroatoms. The van der Waals surface area contributed by atoms with Crippen LogP contribution >= 0.6 is 0 Å². The van der Waals surface area contributed by atoms with E-state index in [-0.39, 0.29) is 5.41 Å². The lowest BCUT2D eigenvalue weighted by Crippen LogP contribution is -2.37. The molecule has 0 atom stereocenters. The summed E-state index contributed by atoms with van der Waals surface area (Å²) in [5.74, 6) is 0.937. The van der Waals surface area contributed by atoms with Crippen LogP contribution < -0.4 is 4.57 Å². The van der Waals surface area contributed by atoms with Gasteiger partial charge in [0.05, 0.1) is 5.56 Å². The van der Waals surface area contributed by atoms with E-state index in [1.165, 1.54) is 55.4 Å². The highest BCUT2D eigenvalue weighted by atomic mass is 16.3. The van der Waals surface area contributed by atoms with Gasteiger partial charge in [0, 0.05) is 33.9 Å². The maximum atomic E-state index is 6.95. The summed E-state index contributed by atoms with van der Waals surface area (Å²) in [5, 5.41) is 2.39. The van der Waals surface area contributed by atoms with E-state index in [4.69, 9.17) is 4.42 Å². The predicted molar refractivity (Wildman–Crippen MR) is 146 cm³/mol. The maximum absolute atomic E-state index is 6.95. The summed E-state index contributed by atoms with van der Waals surface area (Å²) in [4.78, 5) is 0. The van der Waals surface area contributed by atoms with Crippen LogP contribution in [0.15, 0.2) is 71.3 Å². The molecule has 2 heterocycles. The van der Waals surface area contributed by atoms with E-state index in [1.54, 1.807) is 0 Å². The summed E-state index contributed by atoms with van der Waals surface area (Å²) < 4.78 is 9.15. The fraction of sp³-hybridized carbons (Fsp3) is 0.303. The molecule has 2 aromatic heterocycles. The van der Waals surface area contributed by atoms with Gasteiger partial charge in [0.2, 0.25) is 5.69 Å². The summed E-state index contributed by atoms with van der Waals surface area (Å²) in [5.41, 5.74) is 12.3. The van der Waals surface area contributed by atoms with Crippen molar-refractivity contribution in [3.63, 3.8) is 0 Å². The second kappa shape index (κ2) is 7.55. The molecule has 0 saturated carbocycles. The van der Waals surface area contributed by atoms with Crippen LogP contribution in [0.2, 0.25) is 0 Å². The van der Waals surface area contributed by atoms with Gasteiger partial charge >= 0.3 is 0 Å². The Kier molecular flexibility index (Phi) is 4.77. The highest BCUT2D eigenvalue weighted by molar-refractivity contribution is 6.14. The molecule has 0 amide bonds. The maximum Gasteiger partial charge on any atom is 0.216 e. The number of hydrogen-bond acceptors (Lipinski definition) is 1. The van der Waals surface area contributed by atoms with Gasteiger partial charge in [0.1, 0.15) is 18.2 Å². The molecular formula is C33H34NO+. The minimum atomic E-state index is -0.0270. The minimum absolute atomic E-state index is 0.0270. The third kappa shape index (κ3) is 2.80. The number of benzene rings is 3. The smallest absolute Gasteiger partial charge is 0.216 e. The number of pyridine rings is 1. The number of aromatic nitrogens is 1. The minimum Gasteiger partial charge on any atom is -0.454 e. The van der Waals surface area contributed by atoms with E-state index < -0.39 is 0 Å². The molecule has 0 radical (unpaired) electrons. The van der Waals surface area contributed by atoms with Crippen LogP contribution in [-0.2, 0) is 12.5 Å². The quantitative estimate of drug-likeness (QED) is 0.248. The van der Waals surface area contributed by atoms with Gasteiger partial charge in [0.15, 0.2) is 6.20 Å². The zero-order chi connectivity index (χ0) is 24.6. The normalized spacial score (nSPS) is 14.3. The summed E-state index contributed by atoms with van der Waals surface area (Å²) in [7, 11) is 2.11. The second-order valence-electron chi connectivity index (χ2n) is 11.0. The Morgan fingerprint density at radius 3 is 2.11 bits per heavy atom. The van der Waals surface area contributed by atoms with E-state index in [1.807, 2.05) is 0 Å². The summed E-state index contributed by atoms with van der Waals surface area (Å²) in [6.45, 7) is 13.8. The molecular weight excluding hydrogens is 426 g/mol. The molecule has 176 valence electrons. The lowest BCUT2D eigenvalue weighted by atomic mass is 9.63. The zero-order valence-corrected chi connectivity index (χ0v) is 21.9. The van der Waals surface area contributed by atoms with Crippen molar-refractivity contribution in [1.29, 1.82) is 0 Å². The first-order chi connectivity index (χ1) is 16.8. The van der Waals surface area contributed by atoms with E-state index in [9.17, 15) is 0 Å². The Bertz CT molecular complexity index is 1620. The Morgan fingerprint density at radius 1 is 0.743 bits per heavy atom. The zero-order valence-electron chi connectivity index (χ0n) is 21.9. The van der Waals surface area contributed by atoms with Crippen LogP contribution in [0.25, 0.3) is 44.3 Å². The highest BCUT2D eigenvalue weighted by Crippen LogP contribution is 2.58. The SMILES string of the molecule is Cc1cc[n+](C)c(-c2c(C)ccc3c2oc2c4c(ccc23)C(C(C)C)(C(C)C)c2ccccc2-4)c1. The van der Waals surface area contributed by atoms with E-state index in [0.717, 1.165) is 11.2 Å². The fourth-order valence-electron chi connectivity index (χ4n) is 6.97. The van der Waals surface area contributed by atoms with Crippen LogP contribution in [0.3, 0.4) is 0 Å². The van der Waals surface area contributed by atoms with Gasteiger partial charge in [-0.1, -0.05) is 76.2 Å². The van der Waals surface area contributed by atoms with E-state index in [0.29, 0.717) is 11.8 Å². The van der Waals surface area contributed by atoms with Gasteiger partial charge in [-0.25, -0.2) is 4.57 Å². The van der Waals surface area contributed by atoms with Crippen LogP contribution in [0.5, 0.6) is 0 Å². The van der Waals surface area contributed by atoms with Gasteiger partial charge in [-0.15, -0.1) is 0 Å². The van der Waals surface area contributed by atoms with Gasteiger partial charge in [-0.05, 0) is 53.5 Å². The molecule has 35 heavy (non-hydrogen) atoms. The first kappa shape index (κ1) is 22.1. The third-order valence-corrected chi connectivity index (χ3v) is 8.49. The largest absolute Gasteiger partial charge is 0.454 e. The van der Waals surface area contributed by atoms with Crippen molar-refractivity contribution in [3.8, 4) is 22.4 Å². The van der Waals surface area contributed by atoms with E-state index >= 15 is 0 Å². The highest BCUT2D eigenvalue weighted by Gasteiger charge is 2.48. The number of furan rings is 1. The molecule has 5 aromatic rings. The van der Waals surface area contributed by atoms with Crippen LogP contribution in [0.4, 0.5) is 0 Å². The first-order valence-electron chi connectivity index (χ1n) is 12.8. The van der Waals surface area contributed by atoms with Gasteiger partial charge in [0.25, 0.3) is 0 Å². The molecule has 0 bridgehead atoms. The number of aryl methyl sites for hydroxylation is 3. The van der Waals surface area contributed by atoms with Gasteiger partial charge in [-0.3, -0.25) is 0 Å². The molecule has 0 unspecified atom stereocenters. The first-order valence-corrected chi connectivity index (χ1v) is 12.8. The Labute approximate surface area is 208 Å². The molecule has 0 spiro atoms. The Balaban J connectivity index is 1.77. The van der Waals surface area contributed by atoms with Crippen molar-refractivity contribution < 1.29 is 8.98 Å². The fourth-order valence-corrected chi connectivity index (χ4v) is 6.97. The third-order valence-electron chi connectivity index (χ3n) is 8.49. The van der Waals surface area contributed by atoms with Crippen molar-refractivity contribution in [2.75, 3.05) is 0 Å². The molecule has 0 fully saturated rings. The average molecular weight is 461 g/mol. The number of nitrogens with zero attached hydrogens (tertiary/aromatic N) is 1. The van der Waals surface area contributed by atoms with Crippen molar-refractivity contribution in [3.05, 3.63) is 89.1 Å². The van der Waals surface area contributed by atoms with Gasteiger partial charge in [-0.2, -0.15) is 0 Å². The number of fused-ring (bicyclic) bond motifs is 7. The van der Waals surface area contributed by atoms with Gasteiger partial charge < -0.3 is 4.42 Å². The van der Waals surface area contributed by atoms with Crippen LogP contribution in [0, 0.1) is 25.7 Å². The Hall–Kier alpha value is -3.39. The molecule has 3 aromatic carbocycles. The Morgan fingerprint density at radius 2 is 1.40 bits per heavy atom. The predicted octanol–water partition coefficient (Wildman–Crippen LogP) is 8.27. The summed E-state index contributed by atoms with van der Waals surface area (Å²) >= 11 is 0. The van der Waals surface area contributed by atoms with Crippen LogP contribution in [-0.4, -0.2) is 0 Å². The summed E-state index contributed by atoms with van der Waals surface area (Å²) in [6, 6.07) is 22.6. The topological polar surface area (TPSA) is 17.0 Å². The monoisotopic (exact) mass is 460 g/mol.